The van der Waals surface area contributed by atoms with Crippen LogP contribution in [0.3, 0.4) is 0 Å². The number of nitrogen functional groups attached to an aromatic ring is 1. The van der Waals surface area contributed by atoms with Crippen LogP contribution in [0.1, 0.15) is 11.3 Å². The molecule has 0 bridgehead atoms. The molecular formula is C13H14N6O. The molecule has 3 aromatic rings. The number of anilines is 1. The molecule has 0 amide bonds. The summed E-state index contributed by atoms with van der Waals surface area (Å²) in [5.74, 6) is 5.85. The Bertz CT molecular complexity index is 802. The first-order chi connectivity index (χ1) is 9.67. The molecule has 102 valence electrons. The molecule has 0 radical (unpaired) electrons. The van der Waals surface area contributed by atoms with E-state index in [4.69, 9.17) is 5.84 Å². The van der Waals surface area contributed by atoms with Gasteiger partial charge >= 0.3 is 0 Å². The van der Waals surface area contributed by atoms with Crippen molar-refractivity contribution in [3.05, 3.63) is 58.4 Å². The Morgan fingerprint density at radius 1 is 1.35 bits per heavy atom. The highest BCUT2D eigenvalue weighted by Crippen LogP contribution is 2.06. The maximum absolute atomic E-state index is 12.3. The van der Waals surface area contributed by atoms with E-state index in [1.54, 1.807) is 39.8 Å². The Hall–Kier alpha value is -2.67. The van der Waals surface area contributed by atoms with E-state index in [-0.39, 0.29) is 5.56 Å². The van der Waals surface area contributed by atoms with Crippen LogP contribution in [0.2, 0.25) is 0 Å². The van der Waals surface area contributed by atoms with Gasteiger partial charge in [-0.2, -0.15) is 5.10 Å². The van der Waals surface area contributed by atoms with Gasteiger partial charge in [-0.05, 0) is 24.6 Å². The maximum atomic E-state index is 12.3. The van der Waals surface area contributed by atoms with Crippen LogP contribution >= 0.6 is 0 Å². The molecule has 0 atom stereocenters. The Labute approximate surface area is 114 Å². The molecular weight excluding hydrogens is 256 g/mol. The van der Waals surface area contributed by atoms with Gasteiger partial charge in [0.1, 0.15) is 11.3 Å². The lowest BCUT2D eigenvalue weighted by molar-refractivity contribution is 0.739. The first-order valence-corrected chi connectivity index (χ1v) is 6.14. The van der Waals surface area contributed by atoms with E-state index in [2.05, 4.69) is 15.5 Å². The van der Waals surface area contributed by atoms with Gasteiger partial charge in [0.2, 0.25) is 0 Å². The highest BCUT2D eigenvalue weighted by atomic mass is 16.1. The van der Waals surface area contributed by atoms with Gasteiger partial charge in [-0.25, -0.2) is 15.3 Å². The Morgan fingerprint density at radius 3 is 2.90 bits per heavy atom. The number of nitrogens with zero attached hydrogens (tertiary/aromatic N) is 4. The van der Waals surface area contributed by atoms with Crippen LogP contribution in [-0.4, -0.2) is 19.2 Å². The summed E-state index contributed by atoms with van der Waals surface area (Å²) in [7, 11) is 0. The van der Waals surface area contributed by atoms with E-state index in [9.17, 15) is 4.79 Å². The van der Waals surface area contributed by atoms with Crippen LogP contribution in [0.25, 0.3) is 5.52 Å². The van der Waals surface area contributed by atoms with Gasteiger partial charge in [-0.1, -0.05) is 6.07 Å². The number of hydrazine groups is 1. The zero-order valence-corrected chi connectivity index (χ0v) is 10.9. The van der Waals surface area contributed by atoms with Crippen LogP contribution in [0, 0.1) is 6.92 Å². The van der Waals surface area contributed by atoms with Crippen LogP contribution in [0.5, 0.6) is 0 Å². The average Bonchev–Trinajstić information content (AvgIpc) is 2.84. The molecule has 0 aliphatic rings. The van der Waals surface area contributed by atoms with Crippen molar-refractivity contribution in [2.24, 2.45) is 5.84 Å². The molecule has 0 aliphatic heterocycles. The predicted octanol–water partition coefficient (Wildman–Crippen LogP) is 0.533. The first-order valence-electron chi connectivity index (χ1n) is 6.14. The molecule has 7 nitrogen and oxygen atoms in total. The lowest BCUT2D eigenvalue weighted by Crippen LogP contribution is -2.21. The number of fused-ring (bicyclic) bond motifs is 1. The number of hydrogen-bond acceptors (Lipinski definition) is 5. The number of nitrogens with two attached hydrogens (primary N) is 1. The zero-order valence-electron chi connectivity index (χ0n) is 10.9. The van der Waals surface area contributed by atoms with Crippen molar-refractivity contribution in [3.63, 3.8) is 0 Å². The van der Waals surface area contributed by atoms with E-state index < -0.39 is 0 Å². The number of pyridine rings is 1. The second-order valence-electron chi connectivity index (χ2n) is 4.54. The van der Waals surface area contributed by atoms with Crippen molar-refractivity contribution in [1.29, 1.82) is 0 Å². The fourth-order valence-electron chi connectivity index (χ4n) is 2.07. The van der Waals surface area contributed by atoms with Crippen LogP contribution in [0.4, 0.5) is 5.82 Å². The molecule has 3 heterocycles. The summed E-state index contributed by atoms with van der Waals surface area (Å²) in [6, 6.07) is 5.42. The summed E-state index contributed by atoms with van der Waals surface area (Å²) in [4.78, 5) is 16.4. The summed E-state index contributed by atoms with van der Waals surface area (Å²) in [6.07, 6.45) is 5.18. The summed E-state index contributed by atoms with van der Waals surface area (Å²) in [5, 5.41) is 4.21. The van der Waals surface area contributed by atoms with Crippen molar-refractivity contribution >= 4 is 11.3 Å². The van der Waals surface area contributed by atoms with Gasteiger partial charge < -0.3 is 9.99 Å². The molecule has 0 saturated carbocycles. The van der Waals surface area contributed by atoms with Gasteiger partial charge in [0, 0.05) is 18.6 Å². The van der Waals surface area contributed by atoms with Crippen molar-refractivity contribution in [1.82, 2.24) is 19.2 Å². The second-order valence-corrected chi connectivity index (χ2v) is 4.54. The monoisotopic (exact) mass is 270 g/mol. The SMILES string of the molecule is Cc1cc2c(=O)n(Cc3ccc(NN)nc3)ccn2n1. The summed E-state index contributed by atoms with van der Waals surface area (Å²) < 4.78 is 3.22. The first kappa shape index (κ1) is 12.4. The number of hydrogen-bond donors (Lipinski definition) is 2. The Kier molecular flexibility index (Phi) is 2.96. The third kappa shape index (κ3) is 2.14. The van der Waals surface area contributed by atoms with Gasteiger partial charge in [-0.15, -0.1) is 0 Å². The molecule has 0 fully saturated rings. The third-order valence-electron chi connectivity index (χ3n) is 3.05. The minimum absolute atomic E-state index is 0.0749. The van der Waals surface area contributed by atoms with Gasteiger partial charge in [-0.3, -0.25) is 4.79 Å². The topological polar surface area (TPSA) is 90.2 Å². The number of nitrogens with one attached hydrogen (secondary N) is 1. The molecule has 0 saturated heterocycles. The summed E-state index contributed by atoms with van der Waals surface area (Å²) in [6.45, 7) is 2.32. The number of aromatic nitrogens is 4. The van der Waals surface area contributed by atoms with Gasteiger partial charge in [0.15, 0.2) is 0 Å². The van der Waals surface area contributed by atoms with E-state index in [1.165, 1.54) is 0 Å². The second kappa shape index (κ2) is 4.78. The minimum atomic E-state index is -0.0749. The molecule has 3 rings (SSSR count). The van der Waals surface area contributed by atoms with Crippen LogP contribution in [-0.2, 0) is 6.54 Å². The smallest absolute Gasteiger partial charge is 0.276 e. The van der Waals surface area contributed by atoms with Crippen molar-refractivity contribution in [2.75, 3.05) is 5.43 Å². The highest BCUT2D eigenvalue weighted by Gasteiger charge is 2.06. The fourth-order valence-corrected chi connectivity index (χ4v) is 2.07. The number of rotatable bonds is 3. The quantitative estimate of drug-likeness (QED) is 0.535. The Balaban J connectivity index is 1.97. The summed E-state index contributed by atoms with van der Waals surface area (Å²) in [5.41, 5.74) is 4.70. The normalized spacial score (nSPS) is 10.9. The molecule has 0 aromatic carbocycles. The van der Waals surface area contributed by atoms with Crippen molar-refractivity contribution < 1.29 is 0 Å². The molecule has 3 N–H and O–H groups in total. The molecule has 7 heteroatoms. The molecule has 0 unspecified atom stereocenters. The standard InChI is InChI=1S/C13H14N6O/c1-9-6-11-13(20)18(4-5-19(11)17-9)8-10-2-3-12(16-14)15-7-10/h2-7H,8,14H2,1H3,(H,15,16). The molecule has 3 aromatic heterocycles. The van der Waals surface area contributed by atoms with Gasteiger partial charge in [0.25, 0.3) is 5.56 Å². The molecule has 0 aliphatic carbocycles. The number of aryl methyl sites for hydroxylation is 1. The zero-order chi connectivity index (χ0) is 14.1. The van der Waals surface area contributed by atoms with Crippen molar-refractivity contribution in [3.8, 4) is 0 Å². The maximum Gasteiger partial charge on any atom is 0.276 e. The lowest BCUT2D eigenvalue weighted by Gasteiger charge is -2.06. The largest absolute Gasteiger partial charge is 0.308 e. The fraction of sp³-hybridized carbons (Fsp3) is 0.154. The average molecular weight is 270 g/mol. The van der Waals surface area contributed by atoms with E-state index in [1.807, 2.05) is 13.0 Å². The lowest BCUT2D eigenvalue weighted by atomic mass is 10.3. The Morgan fingerprint density at radius 2 is 2.20 bits per heavy atom. The van der Waals surface area contributed by atoms with Crippen LogP contribution in [0.15, 0.2) is 41.6 Å². The van der Waals surface area contributed by atoms with Crippen molar-refractivity contribution in [2.45, 2.75) is 13.5 Å². The minimum Gasteiger partial charge on any atom is -0.308 e. The third-order valence-corrected chi connectivity index (χ3v) is 3.05. The van der Waals surface area contributed by atoms with Gasteiger partial charge in [0.05, 0.1) is 12.2 Å². The molecule has 20 heavy (non-hydrogen) atoms. The highest BCUT2D eigenvalue weighted by molar-refractivity contribution is 5.45. The van der Waals surface area contributed by atoms with E-state index in [0.717, 1.165) is 11.3 Å². The predicted molar refractivity (Wildman–Crippen MR) is 75.3 cm³/mol. The van der Waals surface area contributed by atoms with E-state index in [0.29, 0.717) is 17.9 Å². The van der Waals surface area contributed by atoms with E-state index >= 15 is 0 Å². The summed E-state index contributed by atoms with van der Waals surface area (Å²) >= 11 is 0. The van der Waals surface area contributed by atoms with Crippen LogP contribution < -0.4 is 16.8 Å². The molecule has 0 spiro atoms.